The molecule has 0 bridgehead atoms. The number of benzene rings is 2. The molecule has 2 aliphatic heterocycles. The number of amides is 1. The van der Waals surface area contributed by atoms with Crippen LogP contribution in [-0.4, -0.2) is 41.1 Å². The lowest BCUT2D eigenvalue weighted by Crippen LogP contribution is -2.63. The first-order valence-electron chi connectivity index (χ1n) is 10.4. The molecular weight excluding hydrogens is 449 g/mol. The molecule has 0 spiro atoms. The fourth-order valence-electron chi connectivity index (χ4n) is 4.13. The number of para-hydroxylation sites is 2. The molecule has 1 amide bonds. The number of phosphoric ester groups is 1. The molecule has 2 aromatic rings. The zero-order valence-electron chi connectivity index (χ0n) is 18.3. The Bertz CT molecular complexity index is 1070. The van der Waals surface area contributed by atoms with Gasteiger partial charge in [-0.15, -0.1) is 0 Å². The molecule has 1 N–H and O–H groups in total. The Balaban J connectivity index is 1.73. The van der Waals surface area contributed by atoms with Gasteiger partial charge in [0.2, 0.25) is 5.91 Å². The maximum Gasteiger partial charge on any atom is 0.646 e. The van der Waals surface area contributed by atoms with E-state index in [1.54, 1.807) is 67.6 Å². The third-order valence-electron chi connectivity index (χ3n) is 5.62. The van der Waals surface area contributed by atoms with Gasteiger partial charge in [0, 0.05) is 5.92 Å². The summed E-state index contributed by atoms with van der Waals surface area (Å²) in [5, 5.41) is 10.1. The number of methoxy groups -OCH3 is 1. The van der Waals surface area contributed by atoms with E-state index in [4.69, 9.17) is 18.3 Å². The van der Waals surface area contributed by atoms with Crippen molar-refractivity contribution in [3.63, 3.8) is 0 Å². The molecule has 1 fully saturated rings. The molecule has 4 rings (SSSR count). The van der Waals surface area contributed by atoms with Crippen LogP contribution in [0.4, 0.5) is 0 Å². The molecule has 1 saturated heterocycles. The zero-order chi connectivity index (χ0) is 23.8. The quantitative estimate of drug-likeness (QED) is 0.352. The second-order valence-corrected chi connectivity index (χ2v) is 9.25. The average molecular weight is 473 g/mol. The SMILES string of the molecule is COC(=O)C1=C(OP(=O)(Oc2ccccc2)Oc2ccccc2)[C@H](C)[C@@H]2[C@@H]([C@@H](C)O)C(=O)N12. The Morgan fingerprint density at radius 3 is 1.97 bits per heavy atom. The second kappa shape index (κ2) is 8.92. The van der Waals surface area contributed by atoms with E-state index >= 15 is 0 Å². The van der Waals surface area contributed by atoms with Gasteiger partial charge in [-0.1, -0.05) is 43.3 Å². The number of carbonyl (C=O) groups excluding carboxylic acids is 2. The van der Waals surface area contributed by atoms with Gasteiger partial charge in [0.15, 0.2) is 5.70 Å². The van der Waals surface area contributed by atoms with E-state index in [2.05, 4.69) is 0 Å². The Morgan fingerprint density at radius 2 is 1.52 bits per heavy atom. The summed E-state index contributed by atoms with van der Waals surface area (Å²) in [6.07, 6.45) is -0.938. The number of nitrogens with zero attached hydrogens (tertiary/aromatic N) is 1. The van der Waals surface area contributed by atoms with Gasteiger partial charge >= 0.3 is 13.8 Å². The van der Waals surface area contributed by atoms with Crippen molar-refractivity contribution >= 4 is 19.7 Å². The van der Waals surface area contributed by atoms with Gasteiger partial charge in [-0.2, -0.15) is 4.57 Å². The summed E-state index contributed by atoms with van der Waals surface area (Å²) in [4.78, 5) is 26.5. The largest absolute Gasteiger partial charge is 0.646 e. The smallest absolute Gasteiger partial charge is 0.464 e. The molecule has 10 heteroatoms. The molecule has 9 nitrogen and oxygen atoms in total. The predicted octanol–water partition coefficient (Wildman–Crippen LogP) is 3.51. The lowest BCUT2D eigenvalue weighted by Gasteiger charge is -2.46. The van der Waals surface area contributed by atoms with E-state index in [9.17, 15) is 19.3 Å². The summed E-state index contributed by atoms with van der Waals surface area (Å²) >= 11 is 0. The minimum atomic E-state index is -4.39. The third kappa shape index (κ3) is 4.21. The van der Waals surface area contributed by atoms with Crippen molar-refractivity contribution in [2.75, 3.05) is 7.11 Å². The second-order valence-electron chi connectivity index (χ2n) is 7.81. The van der Waals surface area contributed by atoms with Crippen molar-refractivity contribution in [1.82, 2.24) is 4.90 Å². The van der Waals surface area contributed by atoms with Crippen LogP contribution in [0.25, 0.3) is 0 Å². The van der Waals surface area contributed by atoms with Gasteiger partial charge in [0.05, 0.1) is 25.2 Å². The van der Waals surface area contributed by atoms with Crippen molar-refractivity contribution in [1.29, 1.82) is 0 Å². The molecule has 33 heavy (non-hydrogen) atoms. The molecule has 2 aliphatic rings. The third-order valence-corrected chi connectivity index (χ3v) is 6.91. The van der Waals surface area contributed by atoms with Crippen molar-refractivity contribution < 1.29 is 37.6 Å². The predicted molar refractivity (Wildman–Crippen MR) is 117 cm³/mol. The number of phosphoric acid groups is 1. The number of carbonyl (C=O) groups is 2. The van der Waals surface area contributed by atoms with Crippen LogP contribution in [0.2, 0.25) is 0 Å². The number of β-lactam (4-membered cyclic amide) rings is 1. The van der Waals surface area contributed by atoms with Crippen LogP contribution >= 0.6 is 7.82 Å². The number of ether oxygens (including phenoxy) is 1. The number of esters is 1. The Labute approximate surface area is 191 Å². The number of hydrogen-bond acceptors (Lipinski definition) is 8. The van der Waals surface area contributed by atoms with Gasteiger partial charge in [-0.25, -0.2) is 4.79 Å². The van der Waals surface area contributed by atoms with Crippen molar-refractivity contribution in [3.05, 3.63) is 72.1 Å². The monoisotopic (exact) mass is 473 g/mol. The minimum absolute atomic E-state index is 0.0569. The normalized spacial score (nSPS) is 22.8. The van der Waals surface area contributed by atoms with Crippen molar-refractivity contribution in [3.8, 4) is 11.5 Å². The molecule has 0 radical (unpaired) electrons. The molecule has 2 aromatic carbocycles. The fourth-order valence-corrected chi connectivity index (χ4v) is 5.49. The number of aliphatic hydroxyl groups excluding tert-OH is 1. The van der Waals surface area contributed by atoms with Crippen LogP contribution in [0.3, 0.4) is 0 Å². The summed E-state index contributed by atoms with van der Waals surface area (Å²) < 4.78 is 35.8. The standard InChI is InChI=1S/C23H24NO8P/c1-14-19-18(15(2)25)22(26)24(19)20(23(27)29-3)21(14)32-33(28,30-16-10-6-4-7-11-16)31-17-12-8-5-9-13-17/h4-15,18-19,25H,1-3H3/t14-,15-,18-,19-/m1/s1. The van der Waals surface area contributed by atoms with Crippen LogP contribution in [0.1, 0.15) is 13.8 Å². The highest BCUT2D eigenvalue weighted by Gasteiger charge is 2.62. The lowest BCUT2D eigenvalue weighted by molar-refractivity contribution is -0.163. The van der Waals surface area contributed by atoms with E-state index in [1.807, 2.05) is 0 Å². The molecular formula is C23H24NO8P. The summed E-state index contributed by atoms with van der Waals surface area (Å²) in [6, 6.07) is 16.1. The maximum absolute atomic E-state index is 13.8. The first kappa shape index (κ1) is 22.9. The van der Waals surface area contributed by atoms with Crippen molar-refractivity contribution in [2.45, 2.75) is 26.0 Å². The average Bonchev–Trinajstić information content (AvgIpc) is 3.02. The molecule has 4 atom stereocenters. The van der Waals surface area contributed by atoms with E-state index in [0.717, 1.165) is 0 Å². The molecule has 0 saturated carbocycles. The summed E-state index contributed by atoms with van der Waals surface area (Å²) in [7, 11) is -3.22. The highest BCUT2D eigenvalue weighted by molar-refractivity contribution is 7.49. The Morgan fingerprint density at radius 1 is 1.00 bits per heavy atom. The Kier molecular flexibility index (Phi) is 6.19. The first-order chi connectivity index (χ1) is 15.8. The van der Waals surface area contributed by atoms with E-state index in [1.165, 1.54) is 18.9 Å². The lowest BCUT2D eigenvalue weighted by atomic mass is 9.79. The van der Waals surface area contributed by atoms with Crippen molar-refractivity contribution in [2.24, 2.45) is 11.8 Å². The van der Waals surface area contributed by atoms with Crippen LogP contribution in [0.5, 0.6) is 11.5 Å². The van der Waals surface area contributed by atoms with E-state index < -0.39 is 43.7 Å². The van der Waals surface area contributed by atoms with Gasteiger partial charge in [-0.3, -0.25) is 9.69 Å². The van der Waals surface area contributed by atoms with Crippen LogP contribution in [0, 0.1) is 11.8 Å². The fraction of sp³-hybridized carbons (Fsp3) is 0.304. The summed E-state index contributed by atoms with van der Waals surface area (Å²) in [5.41, 5.74) is -0.176. The topological polar surface area (TPSA) is 112 Å². The Hall–Kier alpha value is -3.29. The highest BCUT2D eigenvalue weighted by Crippen LogP contribution is 2.57. The molecule has 0 unspecified atom stereocenters. The molecule has 2 heterocycles. The van der Waals surface area contributed by atoms with Crippen LogP contribution < -0.4 is 9.05 Å². The van der Waals surface area contributed by atoms with E-state index in [0.29, 0.717) is 0 Å². The zero-order valence-corrected chi connectivity index (χ0v) is 19.2. The summed E-state index contributed by atoms with van der Waals surface area (Å²) in [6.45, 7) is 3.21. The van der Waals surface area contributed by atoms with Gasteiger partial charge < -0.3 is 23.4 Å². The number of hydrogen-bond donors (Lipinski definition) is 1. The first-order valence-corrected chi connectivity index (χ1v) is 11.8. The number of rotatable bonds is 8. The van der Waals surface area contributed by atoms with Crippen LogP contribution in [0.15, 0.2) is 72.1 Å². The molecule has 0 aromatic heterocycles. The molecule has 0 aliphatic carbocycles. The maximum atomic E-state index is 13.8. The highest BCUT2D eigenvalue weighted by atomic mass is 31.2. The van der Waals surface area contributed by atoms with Gasteiger partial charge in [0.25, 0.3) is 0 Å². The van der Waals surface area contributed by atoms with E-state index in [-0.39, 0.29) is 23.0 Å². The van der Waals surface area contributed by atoms with Gasteiger partial charge in [-0.05, 0) is 31.2 Å². The molecule has 174 valence electrons. The van der Waals surface area contributed by atoms with Crippen LogP contribution in [-0.2, 0) is 23.4 Å². The van der Waals surface area contributed by atoms with Gasteiger partial charge in [0.1, 0.15) is 17.3 Å². The number of aliphatic hydroxyl groups is 1. The minimum Gasteiger partial charge on any atom is -0.464 e. The number of fused-ring (bicyclic) bond motifs is 1. The summed E-state index contributed by atoms with van der Waals surface area (Å²) in [5.74, 6) is -2.19.